The average Bonchev–Trinajstić information content (AvgIpc) is 3.80. The number of carbonyl (C=O) groups is 1. The van der Waals surface area contributed by atoms with E-state index in [9.17, 15) is 9.18 Å². The predicted molar refractivity (Wildman–Crippen MR) is 173 cm³/mol. The van der Waals surface area contributed by atoms with Crippen LogP contribution in [0.15, 0.2) is 61.2 Å². The second-order valence-electron chi connectivity index (χ2n) is 11.7. The van der Waals surface area contributed by atoms with Gasteiger partial charge in [0, 0.05) is 60.0 Å². The number of nitrogens with one attached hydrogen (secondary N) is 4. The summed E-state index contributed by atoms with van der Waals surface area (Å²) in [6.07, 6.45) is 10.9. The summed E-state index contributed by atoms with van der Waals surface area (Å²) >= 11 is 0. The van der Waals surface area contributed by atoms with Crippen LogP contribution in [0.1, 0.15) is 25.7 Å². The van der Waals surface area contributed by atoms with Gasteiger partial charge in [-0.1, -0.05) is 12.8 Å². The molecule has 1 saturated carbocycles. The van der Waals surface area contributed by atoms with Crippen LogP contribution in [0.25, 0.3) is 56.0 Å². The number of fused-ring (bicyclic) bond motifs is 2. The Morgan fingerprint density at radius 1 is 1.00 bits per heavy atom. The number of benzene rings is 1. The van der Waals surface area contributed by atoms with E-state index in [0.717, 1.165) is 54.3 Å². The number of pyridine rings is 3. The maximum atomic E-state index is 14.7. The van der Waals surface area contributed by atoms with Gasteiger partial charge in [0.25, 0.3) is 0 Å². The molecule has 0 radical (unpaired) electrons. The van der Waals surface area contributed by atoms with Crippen LogP contribution in [0.5, 0.6) is 0 Å². The molecule has 6 aromatic rings. The molecule has 0 unspecified atom stereocenters. The van der Waals surface area contributed by atoms with Gasteiger partial charge in [-0.2, -0.15) is 5.10 Å². The van der Waals surface area contributed by atoms with Crippen molar-refractivity contribution in [2.75, 3.05) is 37.8 Å². The van der Waals surface area contributed by atoms with Crippen LogP contribution in [0, 0.1) is 11.7 Å². The van der Waals surface area contributed by atoms with E-state index >= 15 is 0 Å². The Balaban J connectivity index is 1.20. The lowest BCUT2D eigenvalue weighted by Crippen LogP contribution is -2.20. The maximum absolute atomic E-state index is 14.7. The highest BCUT2D eigenvalue weighted by atomic mass is 19.1. The monoisotopic (exact) mass is 604 g/mol. The van der Waals surface area contributed by atoms with E-state index < -0.39 is 0 Å². The van der Waals surface area contributed by atoms with Crippen LogP contribution in [0.2, 0.25) is 0 Å². The summed E-state index contributed by atoms with van der Waals surface area (Å²) < 4.78 is 14.7. The average molecular weight is 605 g/mol. The van der Waals surface area contributed by atoms with Gasteiger partial charge in [0.15, 0.2) is 11.5 Å². The zero-order chi connectivity index (χ0) is 30.9. The van der Waals surface area contributed by atoms with Gasteiger partial charge >= 0.3 is 0 Å². The van der Waals surface area contributed by atoms with Crippen molar-refractivity contribution in [1.29, 1.82) is 0 Å². The van der Waals surface area contributed by atoms with Crippen LogP contribution in [-0.4, -0.2) is 73.1 Å². The topological polar surface area (TPSA) is 140 Å². The van der Waals surface area contributed by atoms with Gasteiger partial charge in [-0.15, -0.1) is 0 Å². The smallest absolute Gasteiger partial charge is 0.227 e. The first-order chi connectivity index (χ1) is 21.9. The molecule has 1 aliphatic rings. The highest BCUT2D eigenvalue weighted by Crippen LogP contribution is 2.33. The number of rotatable bonds is 9. The molecule has 0 bridgehead atoms. The highest BCUT2D eigenvalue weighted by molar-refractivity contribution is 5.97. The molecule has 5 aromatic heterocycles. The molecular weight excluding hydrogens is 571 g/mol. The number of anilines is 2. The Hall–Kier alpha value is -5.23. The van der Waals surface area contributed by atoms with Gasteiger partial charge in [-0.25, -0.2) is 14.4 Å². The predicted octanol–water partition coefficient (Wildman–Crippen LogP) is 5.87. The molecule has 5 heterocycles. The minimum Gasteiger partial charge on any atom is -0.384 e. The van der Waals surface area contributed by atoms with Crippen LogP contribution in [0.3, 0.4) is 0 Å². The van der Waals surface area contributed by atoms with E-state index in [2.05, 4.69) is 45.7 Å². The summed E-state index contributed by atoms with van der Waals surface area (Å²) in [5, 5.41) is 14.5. The number of amides is 1. The van der Waals surface area contributed by atoms with Crippen LogP contribution in [-0.2, 0) is 4.79 Å². The summed E-state index contributed by atoms with van der Waals surface area (Å²) in [4.78, 5) is 36.5. The van der Waals surface area contributed by atoms with Gasteiger partial charge in [0.2, 0.25) is 5.91 Å². The van der Waals surface area contributed by atoms with E-state index in [1.807, 2.05) is 38.4 Å². The standard InChI is InChI=1S/C33H33FN10O/c1-44(2)10-9-36-24-12-20(11-23(34)15-24)28-30-27(7-8-37-28)40-32(41-30)29-26-14-22(17-38-31(26)43-42-29)21-13-25(18-35-16-21)39-33(45)19-5-3-4-6-19/h7-8,11-19,36H,3-6,9-10H2,1-2H3,(H,39,45)(H,40,41)(H,38,42,43). The first-order valence-corrected chi connectivity index (χ1v) is 15.1. The van der Waals surface area contributed by atoms with Crippen molar-refractivity contribution in [3.63, 3.8) is 0 Å². The van der Waals surface area contributed by atoms with Crippen LogP contribution in [0.4, 0.5) is 15.8 Å². The van der Waals surface area contributed by atoms with Crippen molar-refractivity contribution in [1.82, 2.24) is 40.0 Å². The van der Waals surface area contributed by atoms with Gasteiger partial charge in [0.1, 0.15) is 17.0 Å². The molecule has 4 N–H and O–H groups in total. The van der Waals surface area contributed by atoms with Crippen molar-refractivity contribution < 1.29 is 9.18 Å². The van der Waals surface area contributed by atoms with Crippen molar-refractivity contribution >= 4 is 39.3 Å². The Bertz CT molecular complexity index is 2010. The molecule has 1 fully saturated rings. The number of halogens is 1. The summed E-state index contributed by atoms with van der Waals surface area (Å²) in [5.74, 6) is 0.305. The number of nitrogens with zero attached hydrogens (tertiary/aromatic N) is 6. The van der Waals surface area contributed by atoms with Gasteiger partial charge in [-0.3, -0.25) is 19.9 Å². The Morgan fingerprint density at radius 3 is 2.67 bits per heavy atom. The molecule has 45 heavy (non-hydrogen) atoms. The first-order valence-electron chi connectivity index (χ1n) is 15.1. The molecular formula is C33H33FN10O. The van der Waals surface area contributed by atoms with E-state index in [0.29, 0.717) is 51.9 Å². The minimum absolute atomic E-state index is 0.0472. The van der Waals surface area contributed by atoms with E-state index in [4.69, 9.17) is 4.98 Å². The molecule has 12 heteroatoms. The number of aromatic nitrogens is 7. The molecule has 11 nitrogen and oxygen atoms in total. The Labute approximate surface area is 258 Å². The Morgan fingerprint density at radius 2 is 1.82 bits per heavy atom. The second kappa shape index (κ2) is 12.0. The number of imidazole rings is 1. The lowest BCUT2D eigenvalue weighted by Gasteiger charge is -2.12. The third-order valence-electron chi connectivity index (χ3n) is 8.17. The molecule has 0 aliphatic heterocycles. The van der Waals surface area contributed by atoms with Crippen molar-refractivity contribution in [3.8, 4) is 33.9 Å². The maximum Gasteiger partial charge on any atom is 0.227 e. The summed E-state index contributed by atoms with van der Waals surface area (Å²) in [5.41, 5.74) is 6.71. The normalized spacial score (nSPS) is 13.7. The number of hydrogen-bond donors (Lipinski definition) is 4. The molecule has 0 saturated heterocycles. The highest BCUT2D eigenvalue weighted by Gasteiger charge is 2.23. The number of carbonyl (C=O) groups excluding carboxylic acids is 1. The van der Waals surface area contributed by atoms with E-state index in [1.54, 1.807) is 24.8 Å². The Kier molecular flexibility index (Phi) is 7.64. The van der Waals surface area contributed by atoms with Gasteiger partial charge in [-0.05, 0) is 63.3 Å². The van der Waals surface area contributed by atoms with Crippen molar-refractivity contribution in [2.45, 2.75) is 25.7 Å². The molecule has 0 spiro atoms. The van der Waals surface area contributed by atoms with E-state index in [1.165, 1.54) is 12.1 Å². The van der Waals surface area contributed by atoms with E-state index in [-0.39, 0.29) is 17.6 Å². The minimum atomic E-state index is -0.357. The molecule has 0 atom stereocenters. The number of hydrogen-bond acceptors (Lipinski definition) is 8. The fourth-order valence-electron chi connectivity index (χ4n) is 5.85. The molecule has 1 aromatic carbocycles. The van der Waals surface area contributed by atoms with Crippen LogP contribution < -0.4 is 10.6 Å². The zero-order valence-electron chi connectivity index (χ0n) is 25.1. The quantitative estimate of drug-likeness (QED) is 0.161. The molecule has 1 amide bonds. The third kappa shape index (κ3) is 5.96. The fourth-order valence-corrected chi connectivity index (χ4v) is 5.85. The molecule has 7 rings (SSSR count). The SMILES string of the molecule is CN(C)CCNc1cc(F)cc(-c2nccc3[nH]c(-c4[nH]nc5ncc(-c6cncc(NC(=O)C7CCCC7)c6)cc45)nc23)c1. The number of aromatic amines is 2. The first kappa shape index (κ1) is 28.5. The summed E-state index contributed by atoms with van der Waals surface area (Å²) in [7, 11) is 3.98. The lowest BCUT2D eigenvalue weighted by molar-refractivity contribution is -0.119. The number of likely N-dealkylation sites (N-methyl/N-ethyl adjacent to an activating group) is 1. The largest absolute Gasteiger partial charge is 0.384 e. The summed E-state index contributed by atoms with van der Waals surface area (Å²) in [6, 6.07) is 10.5. The van der Waals surface area contributed by atoms with Crippen molar-refractivity contribution in [3.05, 3.63) is 67.0 Å². The van der Waals surface area contributed by atoms with Gasteiger partial charge < -0.3 is 20.5 Å². The number of H-pyrrole nitrogens is 2. The lowest BCUT2D eigenvalue weighted by atomic mass is 10.1. The molecule has 1 aliphatic carbocycles. The van der Waals surface area contributed by atoms with Crippen molar-refractivity contribution in [2.24, 2.45) is 5.92 Å². The summed E-state index contributed by atoms with van der Waals surface area (Å²) in [6.45, 7) is 1.49. The third-order valence-corrected chi connectivity index (χ3v) is 8.17. The fraction of sp³-hybridized carbons (Fsp3) is 0.273. The van der Waals surface area contributed by atoms with Crippen LogP contribution >= 0.6 is 0 Å². The van der Waals surface area contributed by atoms with Gasteiger partial charge in [0.05, 0.1) is 28.5 Å². The second-order valence-corrected chi connectivity index (χ2v) is 11.7. The molecule has 228 valence electrons. The zero-order valence-corrected chi connectivity index (χ0v) is 25.1.